The van der Waals surface area contributed by atoms with Crippen molar-refractivity contribution in [1.82, 2.24) is 9.80 Å². The number of aliphatic hydroxyl groups is 1. The first-order chi connectivity index (χ1) is 7.67. The van der Waals surface area contributed by atoms with Crippen molar-refractivity contribution in [2.75, 3.05) is 33.2 Å². The van der Waals surface area contributed by atoms with Crippen LogP contribution < -0.4 is 0 Å². The third-order valence-corrected chi connectivity index (χ3v) is 4.60. The minimum Gasteiger partial charge on any atom is -0.392 e. The Labute approximate surface area is 99.4 Å². The summed E-state index contributed by atoms with van der Waals surface area (Å²) in [5.74, 6) is 0.993. The summed E-state index contributed by atoms with van der Waals surface area (Å²) >= 11 is 0. The molecule has 3 heteroatoms. The number of nitrogens with zero attached hydrogens (tertiary/aromatic N) is 2. The summed E-state index contributed by atoms with van der Waals surface area (Å²) in [5.41, 5.74) is 0. The Morgan fingerprint density at radius 2 is 1.88 bits per heavy atom. The van der Waals surface area contributed by atoms with Crippen LogP contribution in [0.3, 0.4) is 0 Å². The fourth-order valence-corrected chi connectivity index (χ4v) is 3.76. The molecule has 2 unspecified atom stereocenters. The Kier molecular flexibility index (Phi) is 3.88. The second kappa shape index (κ2) is 5.03. The standard InChI is InChI=1S/C13H26N2O/c1-4-15(5-2)12-7-6-10-8-14(3)9-11(12)13(10)16/h10-13,16H,4-9H2,1-3H3/t10?,11?,12-,13-/m1/s1. The van der Waals surface area contributed by atoms with Gasteiger partial charge < -0.3 is 14.9 Å². The van der Waals surface area contributed by atoms with E-state index in [1.54, 1.807) is 0 Å². The van der Waals surface area contributed by atoms with E-state index in [2.05, 4.69) is 30.7 Å². The molecule has 2 fully saturated rings. The Bertz CT molecular complexity index is 228. The lowest BCUT2D eigenvalue weighted by Crippen LogP contribution is -2.59. The van der Waals surface area contributed by atoms with Crippen molar-refractivity contribution < 1.29 is 5.11 Å². The van der Waals surface area contributed by atoms with Gasteiger partial charge in [0.2, 0.25) is 0 Å². The molecular formula is C13H26N2O. The van der Waals surface area contributed by atoms with Crippen molar-refractivity contribution in [3.05, 3.63) is 0 Å². The van der Waals surface area contributed by atoms with Gasteiger partial charge in [-0.2, -0.15) is 0 Å². The number of fused-ring (bicyclic) bond motifs is 2. The maximum Gasteiger partial charge on any atom is 0.0635 e. The van der Waals surface area contributed by atoms with E-state index in [1.807, 2.05) is 0 Å². The normalized spacial score (nSPS) is 40.3. The highest BCUT2D eigenvalue weighted by Crippen LogP contribution is 2.36. The Morgan fingerprint density at radius 1 is 1.19 bits per heavy atom. The average molecular weight is 226 g/mol. The Hall–Kier alpha value is -0.120. The van der Waals surface area contributed by atoms with Crippen molar-refractivity contribution in [3.63, 3.8) is 0 Å². The summed E-state index contributed by atoms with van der Waals surface area (Å²) in [5, 5.41) is 10.4. The SMILES string of the molecule is CCN(CC)[C@@H]1CCC2CN(C)CC1[C@@H]2O. The third kappa shape index (κ3) is 2.13. The smallest absolute Gasteiger partial charge is 0.0635 e. The lowest BCUT2D eigenvalue weighted by molar-refractivity contribution is -0.0822. The van der Waals surface area contributed by atoms with E-state index in [1.165, 1.54) is 12.8 Å². The van der Waals surface area contributed by atoms with Gasteiger partial charge in [-0.1, -0.05) is 13.8 Å². The molecule has 0 aromatic rings. The first-order valence-corrected chi connectivity index (χ1v) is 6.78. The van der Waals surface area contributed by atoms with E-state index in [9.17, 15) is 5.11 Å². The summed E-state index contributed by atoms with van der Waals surface area (Å²) in [6.45, 7) is 8.84. The van der Waals surface area contributed by atoms with Crippen molar-refractivity contribution in [1.29, 1.82) is 0 Å². The molecule has 1 N–H and O–H groups in total. The zero-order valence-electron chi connectivity index (χ0n) is 10.9. The van der Waals surface area contributed by atoms with E-state index in [0.717, 1.165) is 26.2 Å². The Morgan fingerprint density at radius 3 is 2.50 bits per heavy atom. The van der Waals surface area contributed by atoms with E-state index in [-0.39, 0.29) is 6.10 Å². The Balaban J connectivity index is 2.10. The number of likely N-dealkylation sites (tertiary alicyclic amines) is 1. The maximum absolute atomic E-state index is 10.4. The monoisotopic (exact) mass is 226 g/mol. The number of hydrogen-bond donors (Lipinski definition) is 1. The third-order valence-electron chi connectivity index (χ3n) is 4.60. The number of rotatable bonds is 3. The first kappa shape index (κ1) is 12.3. The van der Waals surface area contributed by atoms with Crippen molar-refractivity contribution >= 4 is 0 Å². The molecule has 94 valence electrons. The molecule has 0 amide bonds. The second-order valence-electron chi connectivity index (χ2n) is 5.50. The molecular weight excluding hydrogens is 200 g/mol. The molecule has 3 nitrogen and oxygen atoms in total. The van der Waals surface area contributed by atoms with Gasteiger partial charge in [0, 0.05) is 25.0 Å². The van der Waals surface area contributed by atoms with Crippen molar-refractivity contribution in [2.45, 2.75) is 38.8 Å². The lowest BCUT2D eigenvalue weighted by atomic mass is 9.72. The van der Waals surface area contributed by atoms with Gasteiger partial charge >= 0.3 is 0 Å². The van der Waals surface area contributed by atoms with E-state index in [0.29, 0.717) is 17.9 Å². The molecule has 2 aliphatic rings. The van der Waals surface area contributed by atoms with Crippen LogP contribution in [0.2, 0.25) is 0 Å². The first-order valence-electron chi connectivity index (χ1n) is 6.78. The quantitative estimate of drug-likeness (QED) is 0.778. The second-order valence-corrected chi connectivity index (χ2v) is 5.50. The molecule has 0 aromatic heterocycles. The van der Waals surface area contributed by atoms with Crippen LogP contribution >= 0.6 is 0 Å². The molecule has 1 aliphatic carbocycles. The summed E-state index contributed by atoms with van der Waals surface area (Å²) in [4.78, 5) is 4.93. The zero-order valence-corrected chi connectivity index (χ0v) is 10.9. The van der Waals surface area contributed by atoms with Crippen LogP contribution in [0.5, 0.6) is 0 Å². The van der Waals surface area contributed by atoms with Gasteiger partial charge in [0.15, 0.2) is 0 Å². The summed E-state index contributed by atoms with van der Waals surface area (Å²) in [7, 11) is 2.19. The van der Waals surface area contributed by atoms with Gasteiger partial charge in [-0.05, 0) is 38.9 Å². The lowest BCUT2D eigenvalue weighted by Gasteiger charge is -2.50. The number of hydrogen-bond acceptors (Lipinski definition) is 3. The van der Waals surface area contributed by atoms with Gasteiger partial charge in [-0.15, -0.1) is 0 Å². The highest BCUT2D eigenvalue weighted by atomic mass is 16.3. The van der Waals surface area contributed by atoms with Crippen LogP contribution in [0.1, 0.15) is 26.7 Å². The van der Waals surface area contributed by atoms with Gasteiger partial charge in [0.25, 0.3) is 0 Å². The van der Waals surface area contributed by atoms with E-state index < -0.39 is 0 Å². The van der Waals surface area contributed by atoms with Crippen LogP contribution in [0.25, 0.3) is 0 Å². The van der Waals surface area contributed by atoms with E-state index >= 15 is 0 Å². The zero-order chi connectivity index (χ0) is 11.7. The molecule has 0 radical (unpaired) electrons. The predicted molar refractivity (Wildman–Crippen MR) is 66.4 cm³/mol. The van der Waals surface area contributed by atoms with Crippen LogP contribution in [-0.4, -0.2) is 60.3 Å². The van der Waals surface area contributed by atoms with Crippen LogP contribution in [0, 0.1) is 11.8 Å². The fourth-order valence-electron chi connectivity index (χ4n) is 3.76. The summed E-state index contributed by atoms with van der Waals surface area (Å²) in [6.07, 6.45) is 2.42. The number of piperidine rings is 1. The van der Waals surface area contributed by atoms with E-state index in [4.69, 9.17) is 0 Å². The van der Waals surface area contributed by atoms with Gasteiger partial charge in [-0.3, -0.25) is 0 Å². The molecule has 4 atom stereocenters. The minimum atomic E-state index is -0.0597. The molecule has 16 heavy (non-hydrogen) atoms. The highest BCUT2D eigenvalue weighted by Gasteiger charge is 2.43. The summed E-state index contributed by atoms with van der Waals surface area (Å²) < 4.78 is 0. The molecule has 2 bridgehead atoms. The predicted octanol–water partition coefficient (Wildman–Crippen LogP) is 1.03. The largest absolute Gasteiger partial charge is 0.392 e. The van der Waals surface area contributed by atoms with Crippen LogP contribution in [0.4, 0.5) is 0 Å². The molecule has 0 spiro atoms. The van der Waals surface area contributed by atoms with Crippen molar-refractivity contribution in [3.8, 4) is 0 Å². The van der Waals surface area contributed by atoms with Gasteiger partial charge in [0.05, 0.1) is 6.10 Å². The molecule has 1 saturated carbocycles. The van der Waals surface area contributed by atoms with Crippen LogP contribution in [-0.2, 0) is 0 Å². The van der Waals surface area contributed by atoms with Gasteiger partial charge in [-0.25, -0.2) is 0 Å². The molecule has 0 aromatic carbocycles. The molecule has 2 rings (SSSR count). The number of aliphatic hydroxyl groups excluding tert-OH is 1. The highest BCUT2D eigenvalue weighted by molar-refractivity contribution is 4.97. The summed E-state index contributed by atoms with van der Waals surface area (Å²) in [6, 6.07) is 0.601. The van der Waals surface area contributed by atoms with Crippen LogP contribution in [0.15, 0.2) is 0 Å². The molecule has 1 saturated heterocycles. The van der Waals surface area contributed by atoms with Crippen molar-refractivity contribution in [2.24, 2.45) is 11.8 Å². The maximum atomic E-state index is 10.4. The average Bonchev–Trinajstić information content (AvgIpc) is 2.25. The topological polar surface area (TPSA) is 26.7 Å². The molecule has 1 heterocycles. The van der Waals surface area contributed by atoms with Gasteiger partial charge in [0.1, 0.15) is 0 Å². The molecule has 1 aliphatic heterocycles. The fraction of sp³-hybridized carbons (Fsp3) is 1.00. The minimum absolute atomic E-state index is 0.0597.